The molecule has 0 bridgehead atoms. The highest BCUT2D eigenvalue weighted by molar-refractivity contribution is 5.75. The summed E-state index contributed by atoms with van der Waals surface area (Å²) in [5.41, 5.74) is 0. The van der Waals surface area contributed by atoms with Crippen molar-refractivity contribution in [2.24, 2.45) is 5.92 Å². The lowest BCUT2D eigenvalue weighted by Crippen LogP contribution is -2.30. The van der Waals surface area contributed by atoms with Crippen LogP contribution >= 0.6 is 0 Å². The Morgan fingerprint density at radius 1 is 1.39 bits per heavy atom. The molecule has 0 saturated carbocycles. The molecule has 0 aromatic heterocycles. The second-order valence-electron chi connectivity index (χ2n) is 4.19. The lowest BCUT2D eigenvalue weighted by Gasteiger charge is -2.15. The van der Waals surface area contributed by atoms with Crippen LogP contribution in [0.1, 0.15) is 32.6 Å². The van der Waals surface area contributed by atoms with Gasteiger partial charge in [-0.3, -0.25) is 4.79 Å². The van der Waals surface area contributed by atoms with Gasteiger partial charge < -0.3 is 15.2 Å². The van der Waals surface area contributed by atoms with Crippen LogP contribution in [0.2, 0.25) is 0 Å². The van der Waals surface area contributed by atoms with Gasteiger partial charge >= 0.3 is 0 Å². The summed E-state index contributed by atoms with van der Waals surface area (Å²) in [6, 6.07) is 0. The minimum atomic E-state index is -2.49. The molecule has 6 heteroatoms. The molecule has 0 aliphatic heterocycles. The summed E-state index contributed by atoms with van der Waals surface area (Å²) in [4.78, 5) is 11.4. The Morgan fingerprint density at radius 2 is 2.11 bits per heavy atom. The van der Waals surface area contributed by atoms with E-state index in [0.717, 1.165) is 12.8 Å². The van der Waals surface area contributed by atoms with Crippen molar-refractivity contribution < 1.29 is 23.4 Å². The number of aliphatic hydroxyl groups is 1. The van der Waals surface area contributed by atoms with Crippen LogP contribution in [0.4, 0.5) is 8.78 Å². The van der Waals surface area contributed by atoms with Crippen molar-refractivity contribution in [1.29, 1.82) is 0 Å². The van der Waals surface area contributed by atoms with Crippen molar-refractivity contribution in [3.63, 3.8) is 0 Å². The van der Waals surface area contributed by atoms with Crippen LogP contribution in [0.25, 0.3) is 0 Å². The predicted molar refractivity (Wildman–Crippen MR) is 64.6 cm³/mol. The molecule has 1 atom stereocenters. The largest absolute Gasteiger partial charge is 0.396 e. The van der Waals surface area contributed by atoms with Crippen molar-refractivity contribution >= 4 is 5.91 Å². The summed E-state index contributed by atoms with van der Waals surface area (Å²) in [5, 5.41) is 11.6. The lowest BCUT2D eigenvalue weighted by molar-refractivity contribution is -0.122. The van der Waals surface area contributed by atoms with E-state index >= 15 is 0 Å². The van der Waals surface area contributed by atoms with Crippen molar-refractivity contribution in [2.45, 2.75) is 39.0 Å². The molecule has 0 aromatic rings. The third-order valence-corrected chi connectivity index (χ3v) is 2.54. The van der Waals surface area contributed by atoms with Gasteiger partial charge in [-0.2, -0.15) is 0 Å². The molecule has 0 aliphatic rings. The van der Waals surface area contributed by atoms with Gasteiger partial charge in [0.1, 0.15) is 6.61 Å². The van der Waals surface area contributed by atoms with Crippen LogP contribution in [0.5, 0.6) is 0 Å². The second kappa shape index (κ2) is 11.3. The third kappa shape index (κ3) is 10.4. The van der Waals surface area contributed by atoms with E-state index in [4.69, 9.17) is 5.11 Å². The summed E-state index contributed by atoms with van der Waals surface area (Å²) in [7, 11) is 0. The summed E-state index contributed by atoms with van der Waals surface area (Å²) in [6.07, 6.45) is 0.202. The first-order chi connectivity index (χ1) is 8.60. The van der Waals surface area contributed by atoms with Gasteiger partial charge in [0.25, 0.3) is 6.43 Å². The molecule has 4 nitrogen and oxygen atoms in total. The highest BCUT2D eigenvalue weighted by atomic mass is 19.3. The van der Waals surface area contributed by atoms with Crippen molar-refractivity contribution in [3.8, 4) is 0 Å². The third-order valence-electron chi connectivity index (χ3n) is 2.54. The summed E-state index contributed by atoms with van der Waals surface area (Å²) in [6.45, 7) is 2.05. The molecule has 1 amide bonds. The quantitative estimate of drug-likeness (QED) is 0.559. The molecule has 1 unspecified atom stereocenters. The first-order valence-corrected chi connectivity index (χ1v) is 6.33. The zero-order chi connectivity index (χ0) is 13.8. The maximum atomic E-state index is 11.7. The van der Waals surface area contributed by atoms with Gasteiger partial charge in [0.2, 0.25) is 5.91 Å². The van der Waals surface area contributed by atoms with E-state index in [-0.39, 0.29) is 31.5 Å². The van der Waals surface area contributed by atoms with Crippen LogP contribution in [-0.4, -0.2) is 43.8 Å². The number of halogens is 2. The van der Waals surface area contributed by atoms with Crippen LogP contribution in [-0.2, 0) is 9.53 Å². The molecular formula is C12H23F2NO3. The van der Waals surface area contributed by atoms with Gasteiger partial charge in [0.15, 0.2) is 0 Å². The molecule has 0 saturated heterocycles. The summed E-state index contributed by atoms with van der Waals surface area (Å²) >= 11 is 0. The average molecular weight is 267 g/mol. The van der Waals surface area contributed by atoms with Crippen LogP contribution in [0, 0.1) is 5.92 Å². The molecule has 18 heavy (non-hydrogen) atoms. The van der Waals surface area contributed by atoms with E-state index in [1.807, 2.05) is 6.92 Å². The Kier molecular flexibility index (Phi) is 10.9. The smallest absolute Gasteiger partial charge is 0.261 e. The number of amides is 1. The number of carbonyl (C=O) groups is 1. The van der Waals surface area contributed by atoms with E-state index in [0.29, 0.717) is 13.0 Å². The number of nitrogens with one attached hydrogen (secondary N) is 1. The normalized spacial score (nSPS) is 12.7. The summed E-state index contributed by atoms with van der Waals surface area (Å²) < 4.78 is 28.1. The molecule has 0 aromatic carbocycles. The standard InChI is InChI=1S/C12H23F2NO3/c1-2-3-10(4-6-16)8-15-12(17)5-7-18-9-11(13)14/h10-11,16H,2-9H2,1H3,(H,15,17). The molecule has 0 radical (unpaired) electrons. The second-order valence-corrected chi connectivity index (χ2v) is 4.19. The molecular weight excluding hydrogens is 244 g/mol. The molecule has 0 fully saturated rings. The SMILES string of the molecule is CCCC(CCO)CNC(=O)CCOCC(F)F. The van der Waals surface area contributed by atoms with Gasteiger partial charge in [0.05, 0.1) is 6.61 Å². The highest BCUT2D eigenvalue weighted by Gasteiger charge is 2.09. The Labute approximate surface area is 107 Å². The van der Waals surface area contributed by atoms with Crippen molar-refractivity contribution in [2.75, 3.05) is 26.4 Å². The Morgan fingerprint density at radius 3 is 2.67 bits per heavy atom. The van der Waals surface area contributed by atoms with Gasteiger partial charge in [-0.1, -0.05) is 13.3 Å². The van der Waals surface area contributed by atoms with Gasteiger partial charge in [0, 0.05) is 19.6 Å². The van der Waals surface area contributed by atoms with E-state index in [1.165, 1.54) is 0 Å². The fourth-order valence-corrected chi connectivity index (χ4v) is 1.62. The first kappa shape index (κ1) is 17.2. The first-order valence-electron chi connectivity index (χ1n) is 6.33. The number of hydrogen-bond donors (Lipinski definition) is 2. The number of aliphatic hydroxyl groups excluding tert-OH is 1. The maximum absolute atomic E-state index is 11.7. The number of ether oxygens (including phenoxy) is 1. The minimum absolute atomic E-state index is 0.00855. The number of hydrogen-bond acceptors (Lipinski definition) is 3. The molecule has 0 rings (SSSR count). The van der Waals surface area contributed by atoms with Crippen molar-refractivity contribution in [1.82, 2.24) is 5.32 Å². The van der Waals surface area contributed by atoms with Crippen LogP contribution in [0.15, 0.2) is 0 Å². The van der Waals surface area contributed by atoms with Gasteiger partial charge in [-0.15, -0.1) is 0 Å². The predicted octanol–water partition coefficient (Wildman–Crippen LogP) is 1.57. The van der Waals surface area contributed by atoms with E-state index in [2.05, 4.69) is 10.1 Å². The molecule has 0 aliphatic carbocycles. The van der Waals surface area contributed by atoms with Crippen LogP contribution < -0.4 is 5.32 Å². The number of carbonyl (C=O) groups excluding carboxylic acids is 1. The fraction of sp³-hybridized carbons (Fsp3) is 0.917. The average Bonchev–Trinajstić information content (AvgIpc) is 2.32. The zero-order valence-electron chi connectivity index (χ0n) is 10.8. The summed E-state index contributed by atoms with van der Waals surface area (Å²) in [5.74, 6) is 0.0641. The fourth-order valence-electron chi connectivity index (χ4n) is 1.62. The lowest BCUT2D eigenvalue weighted by atomic mass is 10.0. The number of rotatable bonds is 11. The zero-order valence-corrected chi connectivity index (χ0v) is 10.8. The molecule has 0 heterocycles. The van der Waals surface area contributed by atoms with Gasteiger partial charge in [-0.05, 0) is 18.8 Å². The molecule has 108 valence electrons. The van der Waals surface area contributed by atoms with Gasteiger partial charge in [-0.25, -0.2) is 8.78 Å². The Balaban J connectivity index is 3.60. The molecule has 2 N–H and O–H groups in total. The number of alkyl halides is 2. The highest BCUT2D eigenvalue weighted by Crippen LogP contribution is 2.09. The van der Waals surface area contributed by atoms with Crippen molar-refractivity contribution in [3.05, 3.63) is 0 Å². The van der Waals surface area contributed by atoms with E-state index in [1.54, 1.807) is 0 Å². The minimum Gasteiger partial charge on any atom is -0.396 e. The Bertz CT molecular complexity index is 209. The van der Waals surface area contributed by atoms with E-state index in [9.17, 15) is 13.6 Å². The van der Waals surface area contributed by atoms with E-state index < -0.39 is 13.0 Å². The monoisotopic (exact) mass is 267 g/mol. The van der Waals surface area contributed by atoms with Crippen LogP contribution in [0.3, 0.4) is 0 Å². The molecule has 0 spiro atoms. The Hall–Kier alpha value is -0.750. The topological polar surface area (TPSA) is 58.6 Å². The maximum Gasteiger partial charge on any atom is 0.261 e.